The molecule has 0 aliphatic carbocycles. The number of carbonyl (C=O) groups is 2. The maximum absolute atomic E-state index is 12.0. The molecule has 0 saturated carbocycles. The molecule has 8 heteroatoms. The van der Waals surface area contributed by atoms with Crippen LogP contribution in [0.15, 0.2) is 11.6 Å². The first kappa shape index (κ1) is 15.8. The summed E-state index contributed by atoms with van der Waals surface area (Å²) in [4.78, 5) is 28.3. The number of hydrogen-bond acceptors (Lipinski definition) is 5. The molecule has 21 heavy (non-hydrogen) atoms. The van der Waals surface area contributed by atoms with Crippen LogP contribution < -0.4 is 5.32 Å². The lowest BCUT2D eigenvalue weighted by atomic mass is 10.2. The van der Waals surface area contributed by atoms with Gasteiger partial charge in [-0.2, -0.15) is 11.8 Å². The normalized spacial score (nSPS) is 12.5. The van der Waals surface area contributed by atoms with Gasteiger partial charge in [0.25, 0.3) is 0 Å². The van der Waals surface area contributed by atoms with Crippen LogP contribution in [0.4, 0.5) is 0 Å². The number of nitrogens with zero attached hydrogens (tertiary/aromatic N) is 2. The van der Waals surface area contributed by atoms with Crippen LogP contribution in [0.3, 0.4) is 0 Å². The molecule has 1 atom stereocenters. The highest BCUT2D eigenvalue weighted by molar-refractivity contribution is 7.98. The number of aliphatic carboxylic acids is 1. The van der Waals surface area contributed by atoms with Crippen LogP contribution in [-0.2, 0) is 16.0 Å². The van der Waals surface area contributed by atoms with E-state index in [0.717, 1.165) is 16.3 Å². The summed E-state index contributed by atoms with van der Waals surface area (Å²) in [6.07, 6.45) is 4.35. The van der Waals surface area contributed by atoms with Gasteiger partial charge in [0.2, 0.25) is 5.91 Å². The van der Waals surface area contributed by atoms with E-state index in [-0.39, 0.29) is 12.3 Å². The summed E-state index contributed by atoms with van der Waals surface area (Å²) in [5.41, 5.74) is 1.72. The van der Waals surface area contributed by atoms with Gasteiger partial charge in [0.15, 0.2) is 4.96 Å². The number of fused-ring (bicyclic) bond motifs is 1. The first-order chi connectivity index (χ1) is 10.0. The fourth-order valence-electron chi connectivity index (χ4n) is 1.97. The number of amides is 1. The van der Waals surface area contributed by atoms with Crippen molar-refractivity contribution in [2.75, 3.05) is 12.0 Å². The highest BCUT2D eigenvalue weighted by Gasteiger charge is 2.20. The number of hydrogen-bond donors (Lipinski definition) is 2. The molecule has 6 nitrogen and oxygen atoms in total. The summed E-state index contributed by atoms with van der Waals surface area (Å²) in [6, 6.07) is -0.830. The maximum atomic E-state index is 12.0. The minimum atomic E-state index is -0.994. The van der Waals surface area contributed by atoms with E-state index in [1.54, 1.807) is 11.8 Å². The zero-order valence-electron chi connectivity index (χ0n) is 11.8. The summed E-state index contributed by atoms with van der Waals surface area (Å²) in [6.45, 7) is 1.90. The second kappa shape index (κ2) is 6.95. The quantitative estimate of drug-likeness (QED) is 0.806. The largest absolute Gasteiger partial charge is 0.480 e. The van der Waals surface area contributed by atoms with E-state index in [0.29, 0.717) is 12.2 Å². The van der Waals surface area contributed by atoms with Gasteiger partial charge in [0.1, 0.15) is 6.04 Å². The number of carboxylic acid groups (broad SMARTS) is 1. The van der Waals surface area contributed by atoms with E-state index in [2.05, 4.69) is 10.3 Å². The molecule has 2 rings (SSSR count). The Morgan fingerprint density at radius 3 is 3.00 bits per heavy atom. The van der Waals surface area contributed by atoms with Crippen molar-refractivity contribution in [3.05, 3.63) is 23.0 Å². The van der Waals surface area contributed by atoms with Gasteiger partial charge in [-0.15, -0.1) is 11.3 Å². The van der Waals surface area contributed by atoms with Gasteiger partial charge in [-0.1, -0.05) is 0 Å². The van der Waals surface area contributed by atoms with Crippen molar-refractivity contribution < 1.29 is 14.7 Å². The Morgan fingerprint density at radius 2 is 2.33 bits per heavy atom. The van der Waals surface area contributed by atoms with Gasteiger partial charge < -0.3 is 10.4 Å². The Morgan fingerprint density at radius 1 is 1.57 bits per heavy atom. The third-order valence-corrected chi connectivity index (χ3v) is 4.52. The van der Waals surface area contributed by atoms with E-state index in [1.807, 2.05) is 29.2 Å². The smallest absolute Gasteiger partial charge is 0.326 e. The predicted octanol–water partition coefficient (Wildman–Crippen LogP) is 1.57. The molecular formula is C13H17N3O3S2. The number of imidazole rings is 1. The summed E-state index contributed by atoms with van der Waals surface area (Å²) in [5, 5.41) is 13.6. The van der Waals surface area contributed by atoms with Crippen LogP contribution in [0.25, 0.3) is 4.96 Å². The van der Waals surface area contributed by atoms with E-state index >= 15 is 0 Å². The molecule has 0 fully saturated rings. The number of thioether (sulfide) groups is 1. The van der Waals surface area contributed by atoms with E-state index < -0.39 is 12.0 Å². The number of carboxylic acids is 1. The van der Waals surface area contributed by atoms with E-state index in [1.165, 1.54) is 11.3 Å². The standard InChI is InChI=1S/C13H17N3O3S2/c1-8-6-16-9(7-21-13(16)14-8)5-11(17)15-10(12(18)19)3-4-20-2/h6-7,10H,3-5H2,1-2H3,(H,15,17)(H,18,19)/t10-/m1/s1. The molecule has 0 bridgehead atoms. The zero-order valence-corrected chi connectivity index (χ0v) is 13.5. The summed E-state index contributed by atoms with van der Waals surface area (Å²) >= 11 is 3.03. The molecule has 0 aliphatic rings. The Kier molecular flexibility index (Phi) is 5.24. The molecule has 2 heterocycles. The summed E-state index contributed by atoms with van der Waals surface area (Å²) in [7, 11) is 0. The molecule has 2 aromatic heterocycles. The van der Waals surface area contributed by atoms with Gasteiger partial charge in [-0.05, 0) is 25.4 Å². The number of carbonyl (C=O) groups excluding carboxylic acids is 1. The third kappa shape index (κ3) is 3.98. The number of aryl methyl sites for hydroxylation is 1. The lowest BCUT2D eigenvalue weighted by Crippen LogP contribution is -2.42. The first-order valence-corrected chi connectivity index (χ1v) is 8.71. The summed E-state index contributed by atoms with van der Waals surface area (Å²) < 4.78 is 1.87. The molecular weight excluding hydrogens is 310 g/mol. The summed E-state index contributed by atoms with van der Waals surface area (Å²) in [5.74, 6) is -0.582. The van der Waals surface area contributed by atoms with Crippen molar-refractivity contribution in [2.45, 2.75) is 25.8 Å². The van der Waals surface area contributed by atoms with Crippen LogP contribution >= 0.6 is 23.1 Å². The molecule has 1 amide bonds. The second-order valence-corrected chi connectivity index (χ2v) is 6.50. The Labute approximate surface area is 130 Å². The average Bonchev–Trinajstić information content (AvgIpc) is 2.95. The SMILES string of the molecule is CSCC[C@@H](NC(=O)Cc1csc2nc(C)cn12)C(=O)O. The minimum absolute atomic E-state index is 0.152. The van der Waals surface area contributed by atoms with Crippen LogP contribution in [0.1, 0.15) is 17.8 Å². The lowest BCUT2D eigenvalue weighted by Gasteiger charge is -2.13. The lowest BCUT2D eigenvalue weighted by molar-refractivity contribution is -0.141. The van der Waals surface area contributed by atoms with Crippen molar-refractivity contribution in [1.29, 1.82) is 0 Å². The van der Waals surface area contributed by atoms with E-state index in [4.69, 9.17) is 5.11 Å². The van der Waals surface area contributed by atoms with Gasteiger partial charge in [-0.25, -0.2) is 9.78 Å². The molecule has 0 aromatic carbocycles. The monoisotopic (exact) mass is 327 g/mol. The molecule has 114 valence electrons. The fourth-order valence-corrected chi connectivity index (χ4v) is 3.36. The number of rotatable bonds is 7. The molecule has 0 unspecified atom stereocenters. The Hall–Kier alpha value is -1.54. The average molecular weight is 327 g/mol. The van der Waals surface area contributed by atoms with Gasteiger partial charge in [0.05, 0.1) is 12.1 Å². The molecule has 2 N–H and O–H groups in total. The molecule has 0 saturated heterocycles. The number of thiazole rings is 1. The fraction of sp³-hybridized carbons (Fsp3) is 0.462. The first-order valence-electron chi connectivity index (χ1n) is 6.44. The highest BCUT2D eigenvalue weighted by atomic mass is 32.2. The van der Waals surface area contributed by atoms with E-state index in [9.17, 15) is 9.59 Å². The third-order valence-electron chi connectivity index (χ3n) is 2.99. The molecule has 2 aromatic rings. The number of nitrogens with one attached hydrogen (secondary N) is 1. The van der Waals surface area contributed by atoms with Crippen LogP contribution in [0.2, 0.25) is 0 Å². The predicted molar refractivity (Wildman–Crippen MR) is 84.1 cm³/mol. The second-order valence-electron chi connectivity index (χ2n) is 4.68. The highest BCUT2D eigenvalue weighted by Crippen LogP contribution is 2.17. The molecule has 0 aliphatic heterocycles. The van der Waals surface area contributed by atoms with Crippen LogP contribution in [0, 0.1) is 6.92 Å². The van der Waals surface area contributed by atoms with Gasteiger partial charge in [-0.3, -0.25) is 9.20 Å². The van der Waals surface area contributed by atoms with Gasteiger partial charge >= 0.3 is 5.97 Å². The molecule has 0 radical (unpaired) electrons. The Bertz CT molecular complexity index is 650. The van der Waals surface area contributed by atoms with Crippen molar-refractivity contribution in [3.63, 3.8) is 0 Å². The minimum Gasteiger partial charge on any atom is -0.480 e. The number of aromatic nitrogens is 2. The molecule has 0 spiro atoms. The van der Waals surface area contributed by atoms with Crippen molar-refractivity contribution in [3.8, 4) is 0 Å². The zero-order chi connectivity index (χ0) is 15.4. The Balaban J connectivity index is 2.01. The van der Waals surface area contributed by atoms with Crippen LogP contribution in [0.5, 0.6) is 0 Å². The van der Waals surface area contributed by atoms with Gasteiger partial charge in [0, 0.05) is 17.3 Å². The maximum Gasteiger partial charge on any atom is 0.326 e. The van der Waals surface area contributed by atoms with Crippen LogP contribution in [-0.4, -0.2) is 44.4 Å². The topological polar surface area (TPSA) is 83.7 Å². The van der Waals surface area contributed by atoms with Crippen molar-refractivity contribution >= 4 is 39.9 Å². The van der Waals surface area contributed by atoms with Crippen molar-refractivity contribution in [2.24, 2.45) is 0 Å². The van der Waals surface area contributed by atoms with Crippen molar-refractivity contribution in [1.82, 2.24) is 14.7 Å².